The van der Waals surface area contributed by atoms with Gasteiger partial charge in [-0.15, -0.1) is 0 Å². The van der Waals surface area contributed by atoms with Gasteiger partial charge in [0.1, 0.15) is 5.78 Å². The number of piperidine rings is 1. The maximum atomic E-state index is 11.9. The molecular formula is C14H25NO2. The lowest BCUT2D eigenvalue weighted by molar-refractivity contribution is -0.124. The van der Waals surface area contributed by atoms with Crippen LogP contribution in [0, 0.1) is 5.92 Å². The number of aliphatic hydroxyl groups excluding tert-OH is 1. The van der Waals surface area contributed by atoms with Crippen molar-refractivity contribution in [3.8, 4) is 0 Å². The van der Waals surface area contributed by atoms with Crippen LogP contribution in [-0.2, 0) is 4.79 Å². The number of Topliss-reactive ketones (excluding diaryl/α,β-unsaturated/α-hetero) is 1. The predicted molar refractivity (Wildman–Crippen MR) is 67.8 cm³/mol. The summed E-state index contributed by atoms with van der Waals surface area (Å²) in [6, 6.07) is 0.567. The standard InChI is InChI=1S/C14H25NO2/c1-10(11(2)16)15-9-4-3-7-13(15)12-6-5-8-14(12)17/h10-13,16H,3-9H2,1-2H3. The van der Waals surface area contributed by atoms with E-state index in [-0.39, 0.29) is 18.1 Å². The van der Waals surface area contributed by atoms with Gasteiger partial charge in [-0.05, 0) is 46.1 Å². The van der Waals surface area contributed by atoms with E-state index in [4.69, 9.17) is 0 Å². The maximum Gasteiger partial charge on any atom is 0.137 e. The van der Waals surface area contributed by atoms with Crippen molar-refractivity contribution >= 4 is 5.78 Å². The smallest absolute Gasteiger partial charge is 0.137 e. The zero-order valence-corrected chi connectivity index (χ0v) is 11.1. The SMILES string of the molecule is CC(O)C(C)N1CCCCC1C1CCCC1=O. The third-order valence-electron chi connectivity index (χ3n) is 4.63. The van der Waals surface area contributed by atoms with E-state index in [2.05, 4.69) is 11.8 Å². The Morgan fingerprint density at radius 3 is 2.59 bits per heavy atom. The molecule has 1 saturated heterocycles. The van der Waals surface area contributed by atoms with Crippen molar-refractivity contribution in [1.82, 2.24) is 4.90 Å². The number of hydrogen-bond acceptors (Lipinski definition) is 3. The first-order valence-electron chi connectivity index (χ1n) is 7.08. The van der Waals surface area contributed by atoms with Crippen molar-refractivity contribution in [1.29, 1.82) is 0 Å². The third kappa shape index (κ3) is 2.71. The normalized spacial score (nSPS) is 34.9. The van der Waals surface area contributed by atoms with Crippen molar-refractivity contribution in [3.05, 3.63) is 0 Å². The Bertz CT molecular complexity index is 277. The lowest BCUT2D eigenvalue weighted by atomic mass is 9.87. The molecule has 2 rings (SSSR count). The monoisotopic (exact) mass is 239 g/mol. The molecule has 1 N–H and O–H groups in total. The molecule has 1 aliphatic carbocycles. The summed E-state index contributed by atoms with van der Waals surface area (Å²) in [5.41, 5.74) is 0. The van der Waals surface area contributed by atoms with E-state index in [1.807, 2.05) is 6.92 Å². The Kier molecular flexibility index (Phi) is 4.21. The summed E-state index contributed by atoms with van der Waals surface area (Å²) < 4.78 is 0. The van der Waals surface area contributed by atoms with Crippen LogP contribution >= 0.6 is 0 Å². The molecule has 0 spiro atoms. The summed E-state index contributed by atoms with van der Waals surface area (Å²) in [6.45, 7) is 4.98. The first-order valence-corrected chi connectivity index (χ1v) is 7.08. The minimum absolute atomic E-state index is 0.175. The van der Waals surface area contributed by atoms with E-state index in [1.54, 1.807) is 0 Å². The van der Waals surface area contributed by atoms with E-state index >= 15 is 0 Å². The molecule has 4 unspecified atom stereocenters. The Labute approximate surface area is 104 Å². The second kappa shape index (κ2) is 5.49. The Balaban J connectivity index is 2.08. The van der Waals surface area contributed by atoms with Crippen molar-refractivity contribution in [2.24, 2.45) is 5.92 Å². The number of carbonyl (C=O) groups is 1. The number of nitrogens with zero attached hydrogens (tertiary/aromatic N) is 1. The van der Waals surface area contributed by atoms with Gasteiger partial charge in [-0.25, -0.2) is 0 Å². The van der Waals surface area contributed by atoms with Crippen LogP contribution in [0.4, 0.5) is 0 Å². The minimum atomic E-state index is -0.313. The largest absolute Gasteiger partial charge is 0.392 e. The highest BCUT2D eigenvalue weighted by Gasteiger charge is 2.38. The summed E-state index contributed by atoms with van der Waals surface area (Å²) in [7, 11) is 0. The summed E-state index contributed by atoms with van der Waals surface area (Å²) in [6.07, 6.45) is 6.16. The Hall–Kier alpha value is -0.410. The van der Waals surface area contributed by atoms with Crippen molar-refractivity contribution in [2.45, 2.75) is 70.6 Å². The molecule has 1 heterocycles. The highest BCUT2D eigenvalue weighted by molar-refractivity contribution is 5.83. The minimum Gasteiger partial charge on any atom is -0.392 e. The van der Waals surface area contributed by atoms with E-state index in [0.29, 0.717) is 11.8 Å². The van der Waals surface area contributed by atoms with Gasteiger partial charge in [0, 0.05) is 24.4 Å². The van der Waals surface area contributed by atoms with Gasteiger partial charge in [-0.2, -0.15) is 0 Å². The van der Waals surface area contributed by atoms with Crippen LogP contribution in [0.15, 0.2) is 0 Å². The fraction of sp³-hybridized carbons (Fsp3) is 0.929. The maximum absolute atomic E-state index is 11.9. The molecule has 0 radical (unpaired) electrons. The van der Waals surface area contributed by atoms with Gasteiger partial charge in [0.25, 0.3) is 0 Å². The van der Waals surface area contributed by atoms with Crippen LogP contribution in [0.3, 0.4) is 0 Å². The first kappa shape index (κ1) is 13.0. The molecule has 3 heteroatoms. The lowest BCUT2D eigenvalue weighted by Gasteiger charge is -2.43. The third-order valence-corrected chi connectivity index (χ3v) is 4.63. The highest BCUT2D eigenvalue weighted by Crippen LogP contribution is 2.34. The van der Waals surface area contributed by atoms with Gasteiger partial charge in [0.05, 0.1) is 6.10 Å². The Morgan fingerprint density at radius 1 is 1.24 bits per heavy atom. The summed E-state index contributed by atoms with van der Waals surface area (Å²) in [5, 5.41) is 9.77. The van der Waals surface area contributed by atoms with Crippen LogP contribution in [0.25, 0.3) is 0 Å². The molecule has 0 aromatic carbocycles. The highest BCUT2D eigenvalue weighted by atomic mass is 16.3. The van der Waals surface area contributed by atoms with Crippen molar-refractivity contribution in [2.75, 3.05) is 6.54 Å². The molecule has 0 aromatic heterocycles. The fourth-order valence-corrected chi connectivity index (χ4v) is 3.44. The van der Waals surface area contributed by atoms with Gasteiger partial charge in [-0.1, -0.05) is 6.42 Å². The fourth-order valence-electron chi connectivity index (χ4n) is 3.44. The quantitative estimate of drug-likeness (QED) is 0.818. The molecule has 2 fully saturated rings. The van der Waals surface area contributed by atoms with Crippen LogP contribution in [0.1, 0.15) is 52.4 Å². The number of rotatable bonds is 3. The zero-order chi connectivity index (χ0) is 12.4. The second-order valence-corrected chi connectivity index (χ2v) is 5.75. The molecular weight excluding hydrogens is 214 g/mol. The number of ketones is 1. The molecule has 98 valence electrons. The van der Waals surface area contributed by atoms with Gasteiger partial charge in [-0.3, -0.25) is 9.69 Å². The van der Waals surface area contributed by atoms with Crippen LogP contribution in [0.2, 0.25) is 0 Å². The van der Waals surface area contributed by atoms with E-state index in [9.17, 15) is 9.90 Å². The topological polar surface area (TPSA) is 40.5 Å². The van der Waals surface area contributed by atoms with Gasteiger partial charge in [0.2, 0.25) is 0 Å². The molecule has 0 amide bonds. The number of carbonyl (C=O) groups excluding carboxylic acids is 1. The predicted octanol–water partition coefficient (Wildman–Crippen LogP) is 1.98. The summed E-state index contributed by atoms with van der Waals surface area (Å²) in [4.78, 5) is 14.3. The summed E-state index contributed by atoms with van der Waals surface area (Å²) >= 11 is 0. The molecule has 0 aromatic rings. The number of aliphatic hydroxyl groups is 1. The van der Waals surface area contributed by atoms with Crippen molar-refractivity contribution < 1.29 is 9.90 Å². The van der Waals surface area contributed by atoms with Gasteiger partial charge in [0.15, 0.2) is 0 Å². The lowest BCUT2D eigenvalue weighted by Crippen LogP contribution is -2.52. The number of hydrogen-bond donors (Lipinski definition) is 1. The Morgan fingerprint density at radius 2 is 2.00 bits per heavy atom. The van der Waals surface area contributed by atoms with E-state index in [1.165, 1.54) is 12.8 Å². The van der Waals surface area contributed by atoms with Crippen LogP contribution < -0.4 is 0 Å². The molecule has 0 bridgehead atoms. The molecule has 1 aliphatic heterocycles. The molecule has 2 aliphatic rings. The van der Waals surface area contributed by atoms with Crippen LogP contribution in [-0.4, -0.2) is 40.5 Å². The number of likely N-dealkylation sites (tertiary alicyclic amines) is 1. The van der Waals surface area contributed by atoms with E-state index in [0.717, 1.165) is 32.2 Å². The molecule has 17 heavy (non-hydrogen) atoms. The van der Waals surface area contributed by atoms with Gasteiger partial charge < -0.3 is 5.11 Å². The van der Waals surface area contributed by atoms with Crippen LogP contribution in [0.5, 0.6) is 0 Å². The zero-order valence-electron chi connectivity index (χ0n) is 11.1. The van der Waals surface area contributed by atoms with Gasteiger partial charge >= 0.3 is 0 Å². The molecule has 4 atom stereocenters. The molecule has 3 nitrogen and oxygen atoms in total. The van der Waals surface area contributed by atoms with E-state index < -0.39 is 0 Å². The molecule has 1 saturated carbocycles. The summed E-state index contributed by atoms with van der Waals surface area (Å²) in [5.74, 6) is 0.705. The first-order chi connectivity index (χ1) is 8.11. The average Bonchev–Trinajstić information content (AvgIpc) is 2.74. The van der Waals surface area contributed by atoms with Crippen molar-refractivity contribution in [3.63, 3.8) is 0 Å². The second-order valence-electron chi connectivity index (χ2n) is 5.75. The average molecular weight is 239 g/mol.